The molecule has 0 aromatic heterocycles. The highest BCUT2D eigenvalue weighted by Gasteiger charge is 2.34. The van der Waals surface area contributed by atoms with Gasteiger partial charge in [0.05, 0.1) is 0 Å². The first kappa shape index (κ1) is 13.9. The third-order valence-corrected chi connectivity index (χ3v) is 3.58. The van der Waals surface area contributed by atoms with Gasteiger partial charge in [-0.05, 0) is 18.3 Å². The quantitative estimate of drug-likeness (QED) is 0.520. The van der Waals surface area contributed by atoms with E-state index in [2.05, 4.69) is 25.7 Å². The van der Waals surface area contributed by atoms with Gasteiger partial charge in [-0.25, -0.2) is 0 Å². The molecule has 1 aliphatic rings. The summed E-state index contributed by atoms with van der Waals surface area (Å²) in [5, 5.41) is 2.58. The third-order valence-electron chi connectivity index (χ3n) is 3.58. The predicted molar refractivity (Wildman–Crippen MR) is 68.5 cm³/mol. The number of hydrogen-bond acceptors (Lipinski definition) is 2. The van der Waals surface area contributed by atoms with Gasteiger partial charge < -0.3 is 5.32 Å². The summed E-state index contributed by atoms with van der Waals surface area (Å²) in [4.78, 5) is 23.7. The summed E-state index contributed by atoms with van der Waals surface area (Å²) in [6.07, 6.45) is 5.85. The summed E-state index contributed by atoms with van der Waals surface area (Å²) in [5.41, 5.74) is 0. The molecule has 1 rings (SSSR count). The standard InChI is InChI=1S/C14H23NO2/c1-4-8-15-14(17)13(16)12(10(3)5-2)9-11-6-7-11/h4,10-12H,1,5-9H2,2-3H3,(H,15,17). The Morgan fingerprint density at radius 2 is 2.12 bits per heavy atom. The van der Waals surface area contributed by atoms with Crippen molar-refractivity contribution in [3.8, 4) is 0 Å². The van der Waals surface area contributed by atoms with Gasteiger partial charge in [0.2, 0.25) is 5.78 Å². The highest BCUT2D eigenvalue weighted by molar-refractivity contribution is 6.37. The normalized spacial score (nSPS) is 18.2. The SMILES string of the molecule is C=CCNC(=O)C(=O)C(CC1CC1)C(C)CC. The van der Waals surface area contributed by atoms with Gasteiger partial charge in [-0.2, -0.15) is 0 Å². The van der Waals surface area contributed by atoms with E-state index in [-0.39, 0.29) is 17.6 Å². The van der Waals surface area contributed by atoms with Gasteiger partial charge in [-0.3, -0.25) is 9.59 Å². The highest BCUT2D eigenvalue weighted by atomic mass is 16.2. The summed E-state index contributed by atoms with van der Waals surface area (Å²) in [6.45, 7) is 8.01. The van der Waals surface area contributed by atoms with E-state index in [9.17, 15) is 9.59 Å². The van der Waals surface area contributed by atoms with Gasteiger partial charge in [-0.15, -0.1) is 6.58 Å². The first-order chi connectivity index (χ1) is 8.10. The van der Waals surface area contributed by atoms with Crippen LogP contribution in [0.15, 0.2) is 12.7 Å². The second kappa shape index (κ2) is 6.58. The van der Waals surface area contributed by atoms with Gasteiger partial charge >= 0.3 is 0 Å². The minimum Gasteiger partial charge on any atom is -0.346 e. The van der Waals surface area contributed by atoms with E-state index < -0.39 is 5.91 Å². The van der Waals surface area contributed by atoms with E-state index in [4.69, 9.17) is 0 Å². The van der Waals surface area contributed by atoms with E-state index in [1.807, 2.05) is 0 Å². The van der Waals surface area contributed by atoms with Crippen molar-refractivity contribution in [1.82, 2.24) is 5.32 Å². The van der Waals surface area contributed by atoms with Crippen LogP contribution in [0.3, 0.4) is 0 Å². The van der Waals surface area contributed by atoms with Gasteiger partial charge in [0.25, 0.3) is 5.91 Å². The van der Waals surface area contributed by atoms with Gasteiger partial charge in [-0.1, -0.05) is 39.2 Å². The Hall–Kier alpha value is -1.12. The third kappa shape index (κ3) is 4.33. The molecule has 1 fully saturated rings. The maximum Gasteiger partial charge on any atom is 0.287 e. The molecule has 3 heteroatoms. The number of ketones is 1. The van der Waals surface area contributed by atoms with Crippen LogP contribution in [0.5, 0.6) is 0 Å². The van der Waals surface area contributed by atoms with Crippen LogP contribution in [0.4, 0.5) is 0 Å². The van der Waals surface area contributed by atoms with Crippen molar-refractivity contribution in [3.05, 3.63) is 12.7 Å². The van der Waals surface area contributed by atoms with Crippen molar-refractivity contribution in [2.45, 2.75) is 39.5 Å². The molecule has 1 saturated carbocycles. The van der Waals surface area contributed by atoms with Crippen LogP contribution < -0.4 is 5.32 Å². The van der Waals surface area contributed by atoms with Crippen molar-refractivity contribution in [2.75, 3.05) is 6.54 Å². The summed E-state index contributed by atoms with van der Waals surface area (Å²) in [5.74, 6) is 0.170. The second-order valence-corrected chi connectivity index (χ2v) is 5.03. The van der Waals surface area contributed by atoms with Gasteiger partial charge in [0.15, 0.2) is 0 Å². The lowest BCUT2D eigenvalue weighted by Gasteiger charge is -2.20. The molecule has 96 valence electrons. The maximum absolute atomic E-state index is 12.1. The highest BCUT2D eigenvalue weighted by Crippen LogP contribution is 2.38. The first-order valence-electron chi connectivity index (χ1n) is 6.53. The fraction of sp³-hybridized carbons (Fsp3) is 0.714. The van der Waals surface area contributed by atoms with Crippen LogP contribution in [-0.2, 0) is 9.59 Å². The smallest absolute Gasteiger partial charge is 0.287 e. The van der Waals surface area contributed by atoms with Crippen LogP contribution in [0.2, 0.25) is 0 Å². The number of Topliss-reactive ketones (excluding diaryl/α,β-unsaturated/α-hetero) is 1. The minimum atomic E-state index is -0.448. The number of hydrogen-bond donors (Lipinski definition) is 1. The Bertz CT molecular complexity index is 295. The monoisotopic (exact) mass is 237 g/mol. The summed E-state index contributed by atoms with van der Waals surface area (Å²) < 4.78 is 0. The van der Waals surface area contributed by atoms with E-state index >= 15 is 0 Å². The lowest BCUT2D eigenvalue weighted by Crippen LogP contribution is -2.38. The van der Waals surface area contributed by atoms with Crippen molar-refractivity contribution in [3.63, 3.8) is 0 Å². The molecule has 0 saturated heterocycles. The summed E-state index contributed by atoms with van der Waals surface area (Å²) >= 11 is 0. The molecule has 0 aromatic rings. The van der Waals surface area contributed by atoms with Crippen molar-refractivity contribution in [1.29, 1.82) is 0 Å². The first-order valence-corrected chi connectivity index (χ1v) is 6.53. The second-order valence-electron chi connectivity index (χ2n) is 5.03. The Kier molecular flexibility index (Phi) is 5.39. The molecule has 1 aliphatic carbocycles. The molecule has 1 amide bonds. The average Bonchev–Trinajstić information content (AvgIpc) is 3.15. The summed E-state index contributed by atoms with van der Waals surface area (Å²) in [7, 11) is 0. The zero-order valence-corrected chi connectivity index (χ0v) is 10.9. The van der Waals surface area contributed by atoms with E-state index in [0.717, 1.165) is 12.8 Å². The van der Waals surface area contributed by atoms with Crippen molar-refractivity contribution < 1.29 is 9.59 Å². The average molecular weight is 237 g/mol. The van der Waals surface area contributed by atoms with E-state index in [1.54, 1.807) is 6.08 Å². The molecular formula is C14H23NO2. The number of carbonyl (C=O) groups excluding carboxylic acids is 2. The van der Waals surface area contributed by atoms with Crippen LogP contribution >= 0.6 is 0 Å². The maximum atomic E-state index is 12.1. The minimum absolute atomic E-state index is 0.0997. The molecule has 0 aromatic carbocycles. The fourth-order valence-corrected chi connectivity index (χ4v) is 2.02. The molecule has 2 unspecified atom stereocenters. The Morgan fingerprint density at radius 3 is 2.59 bits per heavy atom. The van der Waals surface area contributed by atoms with Crippen LogP contribution in [0.25, 0.3) is 0 Å². The molecule has 1 N–H and O–H groups in total. The molecule has 3 nitrogen and oxygen atoms in total. The Labute approximate surface area is 104 Å². The number of amides is 1. The zero-order valence-electron chi connectivity index (χ0n) is 10.9. The van der Waals surface area contributed by atoms with Crippen molar-refractivity contribution in [2.24, 2.45) is 17.8 Å². The molecule has 0 aliphatic heterocycles. The topological polar surface area (TPSA) is 46.2 Å². The van der Waals surface area contributed by atoms with Crippen LogP contribution in [-0.4, -0.2) is 18.2 Å². The molecule has 0 heterocycles. The van der Waals surface area contributed by atoms with Crippen molar-refractivity contribution >= 4 is 11.7 Å². The lowest BCUT2D eigenvalue weighted by molar-refractivity contribution is -0.141. The number of rotatable bonds is 8. The lowest BCUT2D eigenvalue weighted by atomic mass is 9.83. The van der Waals surface area contributed by atoms with Gasteiger partial charge in [0.1, 0.15) is 0 Å². The molecule has 0 radical (unpaired) electrons. The molecule has 0 spiro atoms. The largest absolute Gasteiger partial charge is 0.346 e. The number of nitrogens with one attached hydrogen (secondary N) is 1. The zero-order chi connectivity index (χ0) is 12.8. The Morgan fingerprint density at radius 1 is 1.47 bits per heavy atom. The molecule has 2 atom stereocenters. The predicted octanol–water partition coefficient (Wildman–Crippen LogP) is 2.32. The van der Waals surface area contributed by atoms with E-state index in [1.165, 1.54) is 12.8 Å². The Balaban J connectivity index is 2.56. The molecule has 17 heavy (non-hydrogen) atoms. The molecule has 0 bridgehead atoms. The van der Waals surface area contributed by atoms with Crippen LogP contribution in [0.1, 0.15) is 39.5 Å². The van der Waals surface area contributed by atoms with E-state index in [0.29, 0.717) is 12.5 Å². The van der Waals surface area contributed by atoms with Gasteiger partial charge in [0, 0.05) is 12.5 Å². The summed E-state index contributed by atoms with van der Waals surface area (Å²) in [6, 6.07) is 0. The van der Waals surface area contributed by atoms with Crippen LogP contribution in [0, 0.1) is 17.8 Å². The fourth-order valence-electron chi connectivity index (χ4n) is 2.02. The number of carbonyl (C=O) groups is 2. The molecular weight excluding hydrogens is 214 g/mol.